The predicted molar refractivity (Wildman–Crippen MR) is 94.0 cm³/mol. The fraction of sp³-hybridized carbons (Fsp3) is 0.700. The van der Waals surface area contributed by atoms with Crippen molar-refractivity contribution in [2.45, 2.75) is 52.2 Å². The van der Waals surface area contributed by atoms with E-state index in [2.05, 4.69) is 49.9 Å². The average molecular weight is 317 g/mol. The van der Waals surface area contributed by atoms with E-state index in [-0.39, 0.29) is 0 Å². The van der Waals surface area contributed by atoms with Crippen LogP contribution in [0.3, 0.4) is 0 Å². The van der Waals surface area contributed by atoms with Crippen LogP contribution < -0.4 is 4.74 Å². The second-order valence-electron chi connectivity index (χ2n) is 7.69. The van der Waals surface area contributed by atoms with Crippen LogP contribution >= 0.6 is 0 Å². The average Bonchev–Trinajstić information content (AvgIpc) is 3.28. The molecule has 0 N–H and O–H groups in total. The highest BCUT2D eigenvalue weighted by atomic mass is 16.5. The monoisotopic (exact) mass is 317 g/mol. The summed E-state index contributed by atoms with van der Waals surface area (Å²) in [7, 11) is 0. The molecule has 0 spiro atoms. The van der Waals surface area contributed by atoms with Crippen molar-refractivity contribution in [3.63, 3.8) is 0 Å². The molecule has 0 radical (unpaired) electrons. The normalized spacial score (nSPS) is 26.9. The van der Waals surface area contributed by atoms with Gasteiger partial charge in [0.15, 0.2) is 0 Å². The third kappa shape index (κ3) is 5.50. The SMILES string of the molecule is CC(Cc1cccc(OCC2CC2)c1)CN1CC(C)OC(C)C1. The first kappa shape index (κ1) is 16.8. The maximum Gasteiger partial charge on any atom is 0.119 e. The van der Waals surface area contributed by atoms with Crippen LogP contribution in [0.2, 0.25) is 0 Å². The van der Waals surface area contributed by atoms with Crippen molar-refractivity contribution >= 4 is 0 Å². The van der Waals surface area contributed by atoms with E-state index in [0.717, 1.165) is 44.3 Å². The molecule has 23 heavy (non-hydrogen) atoms. The zero-order valence-electron chi connectivity index (χ0n) is 14.8. The smallest absolute Gasteiger partial charge is 0.119 e. The summed E-state index contributed by atoms with van der Waals surface area (Å²) in [6, 6.07) is 8.67. The molecule has 1 aromatic rings. The highest BCUT2D eigenvalue weighted by molar-refractivity contribution is 5.28. The highest BCUT2D eigenvalue weighted by Gasteiger charge is 2.23. The summed E-state index contributed by atoms with van der Waals surface area (Å²) in [6.45, 7) is 10.8. The van der Waals surface area contributed by atoms with Gasteiger partial charge in [0.25, 0.3) is 0 Å². The Morgan fingerprint density at radius 1 is 1.22 bits per heavy atom. The highest BCUT2D eigenvalue weighted by Crippen LogP contribution is 2.29. The topological polar surface area (TPSA) is 21.7 Å². The molecule has 128 valence electrons. The van der Waals surface area contributed by atoms with Gasteiger partial charge in [-0.2, -0.15) is 0 Å². The summed E-state index contributed by atoms with van der Waals surface area (Å²) in [5.41, 5.74) is 1.39. The third-order valence-electron chi connectivity index (χ3n) is 4.73. The number of ether oxygens (including phenoxy) is 2. The van der Waals surface area contributed by atoms with Gasteiger partial charge in [0, 0.05) is 19.6 Å². The van der Waals surface area contributed by atoms with Crippen LogP contribution in [-0.2, 0) is 11.2 Å². The lowest BCUT2D eigenvalue weighted by Gasteiger charge is -2.36. The maximum absolute atomic E-state index is 5.90. The van der Waals surface area contributed by atoms with Gasteiger partial charge in [0.1, 0.15) is 5.75 Å². The van der Waals surface area contributed by atoms with Crippen molar-refractivity contribution in [2.24, 2.45) is 11.8 Å². The van der Waals surface area contributed by atoms with E-state index in [1.54, 1.807) is 0 Å². The molecule has 1 aliphatic carbocycles. The molecule has 0 aromatic heterocycles. The molecule has 3 rings (SSSR count). The molecule has 2 fully saturated rings. The van der Waals surface area contributed by atoms with E-state index >= 15 is 0 Å². The largest absolute Gasteiger partial charge is 0.493 e. The Morgan fingerprint density at radius 3 is 2.65 bits per heavy atom. The molecule has 3 unspecified atom stereocenters. The molecule has 2 aliphatic rings. The fourth-order valence-corrected chi connectivity index (χ4v) is 3.60. The number of rotatable bonds is 7. The van der Waals surface area contributed by atoms with Gasteiger partial charge in [-0.05, 0) is 62.6 Å². The summed E-state index contributed by atoms with van der Waals surface area (Å²) in [5.74, 6) is 2.49. The van der Waals surface area contributed by atoms with Gasteiger partial charge in [-0.15, -0.1) is 0 Å². The molecule has 1 aliphatic heterocycles. The van der Waals surface area contributed by atoms with E-state index < -0.39 is 0 Å². The van der Waals surface area contributed by atoms with Gasteiger partial charge in [0.05, 0.1) is 18.8 Å². The summed E-state index contributed by atoms with van der Waals surface area (Å²) in [4.78, 5) is 2.55. The molecule has 0 amide bonds. The lowest BCUT2D eigenvalue weighted by molar-refractivity contribution is -0.0708. The van der Waals surface area contributed by atoms with Crippen molar-refractivity contribution in [2.75, 3.05) is 26.2 Å². The minimum absolute atomic E-state index is 0.352. The first-order valence-corrected chi connectivity index (χ1v) is 9.18. The first-order chi connectivity index (χ1) is 11.1. The fourth-order valence-electron chi connectivity index (χ4n) is 3.60. The molecule has 1 heterocycles. The van der Waals surface area contributed by atoms with Crippen LogP contribution in [0.1, 0.15) is 39.2 Å². The Bertz CT molecular complexity index is 490. The Labute approximate surface area is 141 Å². The van der Waals surface area contributed by atoms with Crippen molar-refractivity contribution in [3.05, 3.63) is 29.8 Å². The van der Waals surface area contributed by atoms with Crippen molar-refractivity contribution < 1.29 is 9.47 Å². The van der Waals surface area contributed by atoms with E-state index in [1.807, 2.05) is 0 Å². The van der Waals surface area contributed by atoms with E-state index in [4.69, 9.17) is 9.47 Å². The lowest BCUT2D eigenvalue weighted by atomic mass is 10.00. The summed E-state index contributed by atoms with van der Waals surface area (Å²) >= 11 is 0. The molecular weight excluding hydrogens is 286 g/mol. The minimum atomic E-state index is 0.352. The quantitative estimate of drug-likeness (QED) is 0.764. The van der Waals surface area contributed by atoms with Crippen molar-refractivity contribution in [1.29, 1.82) is 0 Å². The number of nitrogens with zero attached hydrogens (tertiary/aromatic N) is 1. The van der Waals surface area contributed by atoms with E-state index in [0.29, 0.717) is 18.1 Å². The second kappa shape index (κ2) is 7.67. The van der Waals surface area contributed by atoms with Gasteiger partial charge in [0.2, 0.25) is 0 Å². The molecule has 0 bridgehead atoms. The molecular formula is C20H31NO2. The van der Waals surface area contributed by atoms with Crippen LogP contribution in [0, 0.1) is 11.8 Å². The van der Waals surface area contributed by atoms with Gasteiger partial charge in [-0.3, -0.25) is 4.90 Å². The summed E-state index contributed by atoms with van der Waals surface area (Å²) < 4.78 is 11.7. The number of benzene rings is 1. The Balaban J connectivity index is 1.48. The molecule has 3 nitrogen and oxygen atoms in total. The molecule has 3 atom stereocenters. The first-order valence-electron chi connectivity index (χ1n) is 9.18. The number of hydrogen-bond donors (Lipinski definition) is 0. The zero-order valence-corrected chi connectivity index (χ0v) is 14.8. The summed E-state index contributed by atoms with van der Waals surface area (Å²) in [6.07, 6.45) is 4.50. The van der Waals surface area contributed by atoms with Crippen LogP contribution in [0.25, 0.3) is 0 Å². The molecule has 3 heteroatoms. The third-order valence-corrected chi connectivity index (χ3v) is 4.73. The molecule has 1 saturated heterocycles. The van der Waals surface area contributed by atoms with E-state index in [9.17, 15) is 0 Å². The minimum Gasteiger partial charge on any atom is -0.493 e. The predicted octanol–water partition coefficient (Wildman–Crippen LogP) is 3.76. The Kier molecular flexibility index (Phi) is 5.60. The van der Waals surface area contributed by atoms with Crippen molar-refractivity contribution in [1.82, 2.24) is 4.90 Å². The molecule has 1 saturated carbocycles. The van der Waals surface area contributed by atoms with Gasteiger partial charge in [-0.1, -0.05) is 19.1 Å². The second-order valence-corrected chi connectivity index (χ2v) is 7.69. The van der Waals surface area contributed by atoms with Crippen LogP contribution in [0.15, 0.2) is 24.3 Å². The van der Waals surface area contributed by atoms with Crippen LogP contribution in [-0.4, -0.2) is 43.3 Å². The van der Waals surface area contributed by atoms with E-state index in [1.165, 1.54) is 18.4 Å². The van der Waals surface area contributed by atoms with Crippen LogP contribution in [0.4, 0.5) is 0 Å². The van der Waals surface area contributed by atoms with Crippen molar-refractivity contribution in [3.8, 4) is 5.75 Å². The Hall–Kier alpha value is -1.06. The van der Waals surface area contributed by atoms with Gasteiger partial charge in [-0.25, -0.2) is 0 Å². The lowest BCUT2D eigenvalue weighted by Crippen LogP contribution is -2.47. The number of morpholine rings is 1. The van der Waals surface area contributed by atoms with Gasteiger partial charge < -0.3 is 9.47 Å². The number of hydrogen-bond acceptors (Lipinski definition) is 3. The standard InChI is InChI=1S/C20H31NO2/c1-15(11-21-12-16(2)23-17(3)13-21)9-19-5-4-6-20(10-19)22-14-18-7-8-18/h4-6,10,15-18H,7-9,11-14H2,1-3H3. The van der Waals surface area contributed by atoms with Crippen LogP contribution in [0.5, 0.6) is 5.75 Å². The van der Waals surface area contributed by atoms with Gasteiger partial charge >= 0.3 is 0 Å². The molecule has 1 aromatic carbocycles. The summed E-state index contributed by atoms with van der Waals surface area (Å²) in [5, 5.41) is 0. The maximum atomic E-state index is 5.90. The zero-order chi connectivity index (χ0) is 16.2. The Morgan fingerprint density at radius 2 is 1.96 bits per heavy atom.